The smallest absolute Gasteiger partial charge is 0.319 e. The van der Waals surface area contributed by atoms with Gasteiger partial charge in [-0.15, -0.1) is 0 Å². The molecule has 2 aromatic rings. The number of rotatable bonds is 5. The summed E-state index contributed by atoms with van der Waals surface area (Å²) >= 11 is 0. The van der Waals surface area contributed by atoms with E-state index in [1.165, 1.54) is 0 Å². The number of carboxylic acids is 1. The van der Waals surface area contributed by atoms with Crippen LogP contribution in [0.2, 0.25) is 0 Å². The minimum atomic E-state index is -0.951. The van der Waals surface area contributed by atoms with Crippen LogP contribution in [-0.2, 0) is 4.79 Å². The SMILES string of the molecule is O=C(O)CCNC(=O)Nc1ccc(-c2ccco2)cc1. The van der Waals surface area contributed by atoms with Gasteiger partial charge in [-0.25, -0.2) is 4.79 Å². The summed E-state index contributed by atoms with van der Waals surface area (Å²) in [5.74, 6) is -0.199. The van der Waals surface area contributed by atoms with Crippen LogP contribution in [0.1, 0.15) is 6.42 Å². The number of amides is 2. The molecule has 2 rings (SSSR count). The molecule has 0 saturated carbocycles. The lowest BCUT2D eigenvalue weighted by Gasteiger charge is -2.07. The van der Waals surface area contributed by atoms with Gasteiger partial charge in [0.25, 0.3) is 0 Å². The summed E-state index contributed by atoms with van der Waals surface area (Å²) in [4.78, 5) is 21.8. The van der Waals surface area contributed by atoms with E-state index in [1.54, 1.807) is 24.5 Å². The average Bonchev–Trinajstić information content (AvgIpc) is 2.93. The molecule has 0 unspecified atom stereocenters. The number of urea groups is 1. The van der Waals surface area contributed by atoms with Gasteiger partial charge in [0.15, 0.2) is 0 Å². The van der Waals surface area contributed by atoms with Gasteiger partial charge in [-0.05, 0) is 36.4 Å². The van der Waals surface area contributed by atoms with Crippen molar-refractivity contribution in [1.29, 1.82) is 0 Å². The third kappa shape index (κ3) is 3.88. The maximum absolute atomic E-state index is 11.5. The zero-order valence-corrected chi connectivity index (χ0v) is 10.6. The van der Waals surface area contributed by atoms with Crippen molar-refractivity contribution in [2.45, 2.75) is 6.42 Å². The van der Waals surface area contributed by atoms with E-state index in [2.05, 4.69) is 10.6 Å². The number of hydrogen-bond donors (Lipinski definition) is 3. The molecule has 104 valence electrons. The molecule has 0 aliphatic rings. The van der Waals surface area contributed by atoms with Gasteiger partial charge in [-0.3, -0.25) is 4.79 Å². The summed E-state index contributed by atoms with van der Waals surface area (Å²) in [7, 11) is 0. The molecule has 3 N–H and O–H groups in total. The molecule has 6 nitrogen and oxygen atoms in total. The first-order valence-corrected chi connectivity index (χ1v) is 6.06. The largest absolute Gasteiger partial charge is 0.481 e. The third-order valence-electron chi connectivity index (χ3n) is 2.57. The zero-order valence-electron chi connectivity index (χ0n) is 10.6. The molecule has 0 aliphatic carbocycles. The summed E-state index contributed by atoms with van der Waals surface area (Å²) < 4.78 is 5.26. The van der Waals surface area contributed by atoms with Crippen molar-refractivity contribution in [3.8, 4) is 11.3 Å². The van der Waals surface area contributed by atoms with Crippen LogP contribution in [0.15, 0.2) is 47.1 Å². The van der Waals surface area contributed by atoms with Crippen LogP contribution in [-0.4, -0.2) is 23.7 Å². The highest BCUT2D eigenvalue weighted by Gasteiger charge is 2.04. The highest BCUT2D eigenvalue weighted by molar-refractivity contribution is 5.89. The Balaban J connectivity index is 1.87. The zero-order chi connectivity index (χ0) is 14.4. The highest BCUT2D eigenvalue weighted by Crippen LogP contribution is 2.21. The first-order valence-electron chi connectivity index (χ1n) is 6.06. The summed E-state index contributed by atoms with van der Waals surface area (Å²) in [5.41, 5.74) is 1.53. The molecule has 0 radical (unpaired) electrons. The summed E-state index contributed by atoms with van der Waals surface area (Å²) in [6.07, 6.45) is 1.49. The molecule has 0 fully saturated rings. The second kappa shape index (κ2) is 6.42. The molecular formula is C14H14N2O4. The van der Waals surface area contributed by atoms with Gasteiger partial charge >= 0.3 is 12.0 Å². The van der Waals surface area contributed by atoms with Crippen LogP contribution in [0.4, 0.5) is 10.5 Å². The molecule has 2 amide bonds. The maximum atomic E-state index is 11.5. The maximum Gasteiger partial charge on any atom is 0.319 e. The predicted octanol–water partition coefficient (Wildman–Crippen LogP) is 2.54. The van der Waals surface area contributed by atoms with Crippen molar-refractivity contribution in [2.75, 3.05) is 11.9 Å². The number of anilines is 1. The monoisotopic (exact) mass is 274 g/mol. The Morgan fingerprint density at radius 2 is 1.90 bits per heavy atom. The first-order chi connectivity index (χ1) is 9.65. The van der Waals surface area contributed by atoms with E-state index < -0.39 is 12.0 Å². The molecule has 6 heteroatoms. The second-order valence-electron chi connectivity index (χ2n) is 4.08. The topological polar surface area (TPSA) is 91.6 Å². The van der Waals surface area contributed by atoms with Crippen molar-refractivity contribution in [3.05, 3.63) is 42.7 Å². The Bertz CT molecular complexity index is 576. The van der Waals surface area contributed by atoms with E-state index in [0.717, 1.165) is 11.3 Å². The van der Waals surface area contributed by atoms with Gasteiger partial charge in [-0.2, -0.15) is 0 Å². The summed E-state index contributed by atoms with van der Waals surface area (Å²) in [6, 6.07) is 10.4. The molecule has 0 bridgehead atoms. The molecule has 20 heavy (non-hydrogen) atoms. The highest BCUT2D eigenvalue weighted by atomic mass is 16.4. The van der Waals surface area contributed by atoms with Gasteiger partial charge in [0.05, 0.1) is 12.7 Å². The van der Waals surface area contributed by atoms with E-state index >= 15 is 0 Å². The molecule has 0 atom stereocenters. The molecule has 0 aliphatic heterocycles. The number of furan rings is 1. The number of nitrogens with one attached hydrogen (secondary N) is 2. The second-order valence-corrected chi connectivity index (χ2v) is 4.08. The number of carbonyl (C=O) groups is 2. The quantitative estimate of drug-likeness (QED) is 0.781. The molecular weight excluding hydrogens is 260 g/mol. The van der Waals surface area contributed by atoms with E-state index in [9.17, 15) is 9.59 Å². The van der Waals surface area contributed by atoms with Crippen molar-refractivity contribution < 1.29 is 19.1 Å². The molecule has 1 aromatic carbocycles. The van der Waals surface area contributed by atoms with Gasteiger partial charge in [0.2, 0.25) is 0 Å². The van der Waals surface area contributed by atoms with Gasteiger partial charge in [-0.1, -0.05) is 0 Å². The van der Waals surface area contributed by atoms with Gasteiger partial charge < -0.3 is 20.2 Å². The normalized spacial score (nSPS) is 10.0. The average molecular weight is 274 g/mol. The van der Waals surface area contributed by atoms with Crippen molar-refractivity contribution >= 4 is 17.7 Å². The van der Waals surface area contributed by atoms with E-state index in [1.807, 2.05) is 18.2 Å². The lowest BCUT2D eigenvalue weighted by molar-refractivity contribution is -0.136. The first kappa shape index (κ1) is 13.7. The Kier molecular flexibility index (Phi) is 4.39. The minimum Gasteiger partial charge on any atom is -0.481 e. The van der Waals surface area contributed by atoms with Crippen LogP contribution in [0, 0.1) is 0 Å². The molecule has 0 saturated heterocycles. The van der Waals surface area contributed by atoms with Crippen LogP contribution in [0.3, 0.4) is 0 Å². The van der Waals surface area contributed by atoms with E-state index in [4.69, 9.17) is 9.52 Å². The Morgan fingerprint density at radius 1 is 1.15 bits per heavy atom. The van der Waals surface area contributed by atoms with Crippen molar-refractivity contribution in [1.82, 2.24) is 5.32 Å². The standard InChI is InChI=1S/C14H14N2O4/c17-13(18)7-8-15-14(19)16-11-5-3-10(4-6-11)12-2-1-9-20-12/h1-6,9H,7-8H2,(H,17,18)(H2,15,16,19). The molecule has 0 spiro atoms. The Morgan fingerprint density at radius 3 is 2.50 bits per heavy atom. The molecule has 1 aromatic heterocycles. The number of carboxylic acid groups (broad SMARTS) is 1. The fourth-order valence-electron chi connectivity index (χ4n) is 1.62. The number of benzene rings is 1. The lowest BCUT2D eigenvalue weighted by atomic mass is 10.1. The van der Waals surface area contributed by atoms with Crippen LogP contribution < -0.4 is 10.6 Å². The molecule has 1 heterocycles. The summed E-state index contributed by atoms with van der Waals surface area (Å²) in [5, 5.41) is 13.5. The predicted molar refractivity (Wildman–Crippen MR) is 73.4 cm³/mol. The van der Waals surface area contributed by atoms with E-state index in [0.29, 0.717) is 5.69 Å². The van der Waals surface area contributed by atoms with Gasteiger partial charge in [0.1, 0.15) is 5.76 Å². The number of hydrogen-bond acceptors (Lipinski definition) is 3. The Labute approximate surface area is 115 Å². The Hall–Kier alpha value is -2.76. The minimum absolute atomic E-state index is 0.0889. The van der Waals surface area contributed by atoms with Crippen LogP contribution >= 0.6 is 0 Å². The number of carbonyl (C=O) groups excluding carboxylic acids is 1. The van der Waals surface area contributed by atoms with E-state index in [-0.39, 0.29) is 13.0 Å². The third-order valence-corrected chi connectivity index (χ3v) is 2.57. The summed E-state index contributed by atoms with van der Waals surface area (Å²) in [6.45, 7) is 0.0889. The lowest BCUT2D eigenvalue weighted by Crippen LogP contribution is -2.30. The van der Waals surface area contributed by atoms with Gasteiger partial charge in [0, 0.05) is 17.8 Å². The van der Waals surface area contributed by atoms with Crippen LogP contribution in [0.25, 0.3) is 11.3 Å². The fourth-order valence-corrected chi connectivity index (χ4v) is 1.62. The van der Waals surface area contributed by atoms with Crippen molar-refractivity contribution in [3.63, 3.8) is 0 Å². The fraction of sp³-hybridized carbons (Fsp3) is 0.143. The number of aliphatic carboxylic acids is 1. The van der Waals surface area contributed by atoms with Crippen molar-refractivity contribution in [2.24, 2.45) is 0 Å². The van der Waals surface area contributed by atoms with Crippen LogP contribution in [0.5, 0.6) is 0 Å².